The summed E-state index contributed by atoms with van der Waals surface area (Å²) in [6, 6.07) is 14.2. The van der Waals surface area contributed by atoms with Crippen LogP contribution in [0.2, 0.25) is 0 Å². The number of anilines is 1. The molecule has 0 fully saturated rings. The Morgan fingerprint density at radius 3 is 1.88 bits per heavy atom. The first kappa shape index (κ1) is 22.8. The van der Waals surface area contributed by atoms with Crippen molar-refractivity contribution in [2.45, 2.75) is 13.8 Å². The summed E-state index contributed by atoms with van der Waals surface area (Å²) in [5, 5.41) is 12.0. The van der Waals surface area contributed by atoms with Crippen LogP contribution in [0.3, 0.4) is 0 Å². The minimum absolute atomic E-state index is 0.0267. The summed E-state index contributed by atoms with van der Waals surface area (Å²) >= 11 is 0. The number of hydrogen-bond acceptors (Lipinski definition) is 7. The average Bonchev–Trinajstić information content (AvgIpc) is 2.74. The number of aliphatic hydroxyl groups is 1. The van der Waals surface area contributed by atoms with E-state index in [1.807, 2.05) is 4.90 Å². The number of carbonyl (C=O) groups excluding carboxylic acids is 3. The third kappa shape index (κ3) is 5.24. The van der Waals surface area contributed by atoms with Gasteiger partial charge in [0.05, 0.1) is 24.2 Å². The summed E-state index contributed by atoms with van der Waals surface area (Å²) in [5.74, 6) is -0.985. The molecule has 0 amide bonds. The van der Waals surface area contributed by atoms with Crippen molar-refractivity contribution in [3.8, 4) is 0 Å². The van der Waals surface area contributed by atoms with Crippen LogP contribution in [0.25, 0.3) is 17.7 Å². The monoisotopic (exact) mass is 435 g/mol. The Bertz CT molecular complexity index is 1140. The summed E-state index contributed by atoms with van der Waals surface area (Å²) in [7, 11) is 0. The molecule has 0 atom stereocenters. The maximum absolute atomic E-state index is 12.7. The first-order chi connectivity index (χ1) is 15.3. The zero-order valence-corrected chi connectivity index (χ0v) is 18.1. The SMILES string of the molecule is C=c1ccc(=C2C(=O)C(c3ccc(N(CCOC(C)=O)CCOC(C)=O)cc3)=C2O)cc1. The van der Waals surface area contributed by atoms with Gasteiger partial charge in [0.2, 0.25) is 5.78 Å². The highest BCUT2D eigenvalue weighted by Gasteiger charge is 2.35. The van der Waals surface area contributed by atoms with Crippen molar-refractivity contribution in [3.63, 3.8) is 0 Å². The van der Waals surface area contributed by atoms with Crippen LogP contribution in [0.5, 0.6) is 0 Å². The molecule has 0 saturated heterocycles. The van der Waals surface area contributed by atoms with Crippen molar-refractivity contribution in [2.75, 3.05) is 31.2 Å². The van der Waals surface area contributed by atoms with Gasteiger partial charge >= 0.3 is 11.9 Å². The summed E-state index contributed by atoms with van der Waals surface area (Å²) in [4.78, 5) is 36.7. The molecule has 0 unspecified atom stereocenters. The number of esters is 2. The molecule has 0 bridgehead atoms. The first-order valence-corrected chi connectivity index (χ1v) is 10.2. The predicted molar refractivity (Wildman–Crippen MR) is 121 cm³/mol. The quantitative estimate of drug-likeness (QED) is 0.631. The number of aliphatic hydroxyl groups excluding tert-OH is 1. The third-order valence-electron chi connectivity index (χ3n) is 5.02. The lowest BCUT2D eigenvalue weighted by molar-refractivity contribution is -0.141. The summed E-state index contributed by atoms with van der Waals surface area (Å²) in [6.45, 7) is 7.69. The highest BCUT2D eigenvalue weighted by Crippen LogP contribution is 2.36. The van der Waals surface area contributed by atoms with Crippen LogP contribution in [-0.4, -0.2) is 49.1 Å². The van der Waals surface area contributed by atoms with Gasteiger partial charge < -0.3 is 19.5 Å². The van der Waals surface area contributed by atoms with Gasteiger partial charge in [-0.3, -0.25) is 14.4 Å². The molecule has 0 aromatic heterocycles. The Balaban J connectivity index is 1.81. The normalized spacial score (nSPS) is 12.9. The second kappa shape index (κ2) is 9.96. The molecule has 1 aliphatic rings. The lowest BCUT2D eigenvalue weighted by atomic mass is 9.82. The summed E-state index contributed by atoms with van der Waals surface area (Å²) in [6.07, 6.45) is 0. The molecule has 7 nitrogen and oxygen atoms in total. The van der Waals surface area contributed by atoms with Crippen molar-refractivity contribution < 1.29 is 29.0 Å². The van der Waals surface area contributed by atoms with Crippen LogP contribution in [0.15, 0.2) is 54.3 Å². The predicted octanol–water partition coefficient (Wildman–Crippen LogP) is 1.73. The van der Waals surface area contributed by atoms with Gasteiger partial charge in [-0.1, -0.05) is 43.0 Å². The van der Waals surface area contributed by atoms with Crippen LogP contribution in [-0.2, 0) is 23.9 Å². The Kier molecular flexibility index (Phi) is 7.10. The minimum atomic E-state index is -0.372. The van der Waals surface area contributed by atoms with Crippen molar-refractivity contribution in [1.82, 2.24) is 0 Å². The Morgan fingerprint density at radius 2 is 1.41 bits per heavy atom. The molecule has 166 valence electrons. The second-order valence-corrected chi connectivity index (χ2v) is 7.34. The number of rotatable bonds is 8. The molecular weight excluding hydrogens is 410 g/mol. The first-order valence-electron chi connectivity index (χ1n) is 10.2. The van der Waals surface area contributed by atoms with Crippen LogP contribution < -0.4 is 15.3 Å². The Labute approximate surface area is 185 Å². The van der Waals surface area contributed by atoms with E-state index in [0.29, 0.717) is 29.4 Å². The number of carbonyl (C=O) groups is 3. The molecule has 7 heteroatoms. The molecule has 0 aliphatic heterocycles. The minimum Gasteiger partial charge on any atom is -0.506 e. The molecule has 0 radical (unpaired) electrons. The van der Waals surface area contributed by atoms with E-state index in [4.69, 9.17) is 9.47 Å². The fourth-order valence-corrected chi connectivity index (χ4v) is 3.42. The second-order valence-electron chi connectivity index (χ2n) is 7.34. The van der Waals surface area contributed by atoms with Gasteiger partial charge in [-0.25, -0.2) is 0 Å². The number of ketones is 1. The van der Waals surface area contributed by atoms with Crippen molar-refractivity contribution >= 4 is 41.1 Å². The number of nitrogens with zero attached hydrogens (tertiary/aromatic N) is 1. The van der Waals surface area contributed by atoms with Gasteiger partial charge in [0.15, 0.2) is 0 Å². The fourth-order valence-electron chi connectivity index (χ4n) is 3.42. The third-order valence-corrected chi connectivity index (χ3v) is 5.02. The van der Waals surface area contributed by atoms with Crippen molar-refractivity contribution in [3.05, 3.63) is 70.3 Å². The molecular formula is C25H25NO6. The largest absolute Gasteiger partial charge is 0.506 e. The zero-order valence-electron chi connectivity index (χ0n) is 18.1. The van der Waals surface area contributed by atoms with Crippen LogP contribution in [0.4, 0.5) is 5.69 Å². The molecule has 1 N–H and O–H groups in total. The smallest absolute Gasteiger partial charge is 0.302 e. The molecule has 1 aliphatic carbocycles. The average molecular weight is 435 g/mol. The number of hydrogen-bond donors (Lipinski definition) is 1. The molecule has 0 heterocycles. The van der Waals surface area contributed by atoms with E-state index >= 15 is 0 Å². The number of ether oxygens (including phenoxy) is 2. The van der Waals surface area contributed by atoms with Gasteiger partial charge in [0, 0.05) is 19.5 Å². The highest BCUT2D eigenvalue weighted by atomic mass is 16.5. The Morgan fingerprint density at radius 1 is 0.875 bits per heavy atom. The Hall–Kier alpha value is -3.87. The number of allylic oxidation sites excluding steroid dienone is 2. The molecule has 3 rings (SSSR count). The maximum atomic E-state index is 12.7. The van der Waals surface area contributed by atoms with E-state index < -0.39 is 0 Å². The zero-order chi connectivity index (χ0) is 23.3. The van der Waals surface area contributed by atoms with Gasteiger partial charge in [-0.2, -0.15) is 0 Å². The van der Waals surface area contributed by atoms with Gasteiger partial charge in [-0.05, 0) is 28.1 Å². The lowest BCUT2D eigenvalue weighted by Gasteiger charge is -2.25. The fraction of sp³-hybridized carbons (Fsp3) is 0.240. The van der Waals surface area contributed by atoms with E-state index in [-0.39, 0.29) is 42.3 Å². The van der Waals surface area contributed by atoms with Crippen LogP contribution in [0, 0.1) is 0 Å². The van der Waals surface area contributed by atoms with Gasteiger partial charge in [0.1, 0.15) is 19.0 Å². The molecule has 2 aromatic carbocycles. The van der Waals surface area contributed by atoms with Crippen LogP contribution in [0.1, 0.15) is 19.4 Å². The van der Waals surface area contributed by atoms with E-state index in [1.165, 1.54) is 13.8 Å². The molecule has 2 aromatic rings. The number of benzene rings is 2. The van der Waals surface area contributed by atoms with Crippen molar-refractivity contribution in [2.24, 2.45) is 0 Å². The van der Waals surface area contributed by atoms with Gasteiger partial charge in [0.25, 0.3) is 0 Å². The van der Waals surface area contributed by atoms with Gasteiger partial charge in [-0.15, -0.1) is 0 Å². The van der Waals surface area contributed by atoms with E-state index in [2.05, 4.69) is 6.58 Å². The lowest BCUT2D eigenvalue weighted by Crippen LogP contribution is -2.32. The topological polar surface area (TPSA) is 93.1 Å². The maximum Gasteiger partial charge on any atom is 0.302 e. The highest BCUT2D eigenvalue weighted by molar-refractivity contribution is 6.51. The summed E-state index contributed by atoms with van der Waals surface area (Å²) in [5.41, 5.74) is 1.98. The molecule has 0 spiro atoms. The van der Waals surface area contributed by atoms with Crippen LogP contribution >= 0.6 is 0 Å². The van der Waals surface area contributed by atoms with E-state index in [9.17, 15) is 19.5 Å². The standard InChI is InChI=1S/C25H25NO6/c1-16-4-6-19(7-5-16)22-24(29)23(25(22)30)20-8-10-21(11-9-20)26(12-14-31-17(2)27)13-15-32-18(3)28/h4-11,29H,1,12-15H2,2-3H3. The number of Topliss-reactive ketones (excluding diaryl/α,β-unsaturated/α-hetero) is 1. The van der Waals surface area contributed by atoms with E-state index in [1.54, 1.807) is 48.5 Å². The van der Waals surface area contributed by atoms with E-state index in [0.717, 1.165) is 10.9 Å². The summed E-state index contributed by atoms with van der Waals surface area (Å²) < 4.78 is 10.0. The molecule has 32 heavy (non-hydrogen) atoms. The molecule has 0 saturated carbocycles. The van der Waals surface area contributed by atoms with Crippen molar-refractivity contribution in [1.29, 1.82) is 0 Å².